The van der Waals surface area contributed by atoms with E-state index >= 15 is 0 Å². The average Bonchev–Trinajstić information content (AvgIpc) is 3.57. The highest BCUT2D eigenvalue weighted by Crippen LogP contribution is 2.54. The van der Waals surface area contributed by atoms with Crippen LogP contribution >= 0.6 is 34.0 Å². The zero-order valence-corrected chi connectivity index (χ0v) is 27.8. The molecule has 3 aromatic heterocycles. The van der Waals surface area contributed by atoms with Crippen molar-refractivity contribution in [2.24, 2.45) is 0 Å². The van der Waals surface area contributed by atoms with Gasteiger partial charge in [0.1, 0.15) is 23.0 Å². The summed E-state index contributed by atoms with van der Waals surface area (Å²) in [5, 5.41) is 0. The summed E-state index contributed by atoms with van der Waals surface area (Å²) in [6.07, 6.45) is 0. The van der Waals surface area contributed by atoms with Crippen LogP contribution in [0.25, 0.3) is 40.4 Å². The Morgan fingerprint density at radius 2 is 0.585 bits per heavy atom. The zero-order chi connectivity index (χ0) is 29.6. The molecule has 0 saturated carbocycles. The first-order valence-corrected chi connectivity index (χ1v) is 15.9. The van der Waals surface area contributed by atoms with Gasteiger partial charge in [-0.25, -0.2) is 0 Å². The van der Waals surface area contributed by atoms with Crippen molar-refractivity contribution in [2.45, 2.75) is 41.5 Å². The van der Waals surface area contributed by atoms with E-state index in [1.807, 2.05) is 70.4 Å². The lowest BCUT2D eigenvalue weighted by atomic mass is 10.0. The second-order valence-electron chi connectivity index (χ2n) is 10.1. The lowest BCUT2D eigenvalue weighted by molar-refractivity contribution is 0.397. The van der Waals surface area contributed by atoms with Crippen molar-refractivity contribution in [3.05, 3.63) is 69.8 Å². The summed E-state index contributed by atoms with van der Waals surface area (Å²) in [6, 6.07) is 11.9. The van der Waals surface area contributed by atoms with E-state index in [9.17, 15) is 0 Å². The average molecular weight is 605 g/mol. The summed E-state index contributed by atoms with van der Waals surface area (Å²) in [5.74, 6) is 3.29. The van der Waals surface area contributed by atoms with Gasteiger partial charge in [-0.1, -0.05) is 12.1 Å². The van der Waals surface area contributed by atoms with Crippen molar-refractivity contribution in [1.29, 1.82) is 0 Å². The van der Waals surface area contributed by atoms with Crippen LogP contribution in [0.3, 0.4) is 0 Å². The summed E-state index contributed by atoms with van der Waals surface area (Å²) in [5.41, 5.74) is 9.80. The molecule has 0 amide bonds. The normalized spacial score (nSPS) is 11.2. The number of benzene rings is 2. The van der Waals surface area contributed by atoms with Crippen LogP contribution in [0.15, 0.2) is 36.4 Å². The van der Waals surface area contributed by atoms with Gasteiger partial charge < -0.3 is 18.9 Å². The topological polar surface area (TPSA) is 36.9 Å². The van der Waals surface area contributed by atoms with Crippen LogP contribution in [0.4, 0.5) is 0 Å². The Bertz CT molecular complexity index is 1580. The zero-order valence-electron chi connectivity index (χ0n) is 25.3. The van der Waals surface area contributed by atoms with Gasteiger partial charge in [-0.2, -0.15) is 0 Å². The van der Waals surface area contributed by atoms with Crippen molar-refractivity contribution in [3.63, 3.8) is 0 Å². The van der Waals surface area contributed by atoms with Gasteiger partial charge in [0.15, 0.2) is 0 Å². The number of hydrogen-bond acceptors (Lipinski definition) is 7. The largest absolute Gasteiger partial charge is 0.496 e. The Morgan fingerprint density at radius 1 is 0.366 bits per heavy atom. The van der Waals surface area contributed by atoms with Crippen LogP contribution in [-0.4, -0.2) is 28.4 Å². The second kappa shape index (κ2) is 11.6. The first-order chi connectivity index (χ1) is 19.7. The van der Waals surface area contributed by atoms with Gasteiger partial charge in [-0.15, -0.1) is 34.0 Å². The molecular formula is C34H36O4S3. The minimum atomic E-state index is 0.823. The molecule has 7 heteroatoms. The molecule has 5 aromatic rings. The summed E-state index contributed by atoms with van der Waals surface area (Å²) in [6.45, 7) is 13.4. The van der Waals surface area contributed by atoms with Gasteiger partial charge >= 0.3 is 0 Å². The fourth-order valence-electron chi connectivity index (χ4n) is 5.28. The van der Waals surface area contributed by atoms with Crippen LogP contribution in [0.5, 0.6) is 23.0 Å². The van der Waals surface area contributed by atoms with Crippen LogP contribution < -0.4 is 18.9 Å². The van der Waals surface area contributed by atoms with E-state index in [-0.39, 0.29) is 0 Å². The van der Waals surface area contributed by atoms with E-state index in [0.29, 0.717) is 0 Å². The van der Waals surface area contributed by atoms with Crippen LogP contribution in [0.2, 0.25) is 0 Å². The molecule has 4 nitrogen and oxygen atoms in total. The summed E-state index contributed by atoms with van der Waals surface area (Å²) < 4.78 is 23.1. The van der Waals surface area contributed by atoms with Gasteiger partial charge in [-0.05, 0) is 99.2 Å². The Morgan fingerprint density at radius 3 is 0.829 bits per heavy atom. The molecule has 5 rings (SSSR count). The van der Waals surface area contributed by atoms with Crippen LogP contribution in [-0.2, 0) is 0 Å². The van der Waals surface area contributed by atoms with E-state index in [0.717, 1.165) is 34.1 Å². The van der Waals surface area contributed by atoms with Gasteiger partial charge in [-0.3, -0.25) is 0 Å². The minimum Gasteiger partial charge on any atom is -0.496 e. The highest BCUT2D eigenvalue weighted by Gasteiger charge is 2.27. The predicted molar refractivity (Wildman–Crippen MR) is 176 cm³/mol. The molecule has 0 unspecified atom stereocenters. The van der Waals surface area contributed by atoms with E-state index in [4.69, 9.17) is 18.9 Å². The molecule has 214 valence electrons. The maximum absolute atomic E-state index is 5.77. The van der Waals surface area contributed by atoms with E-state index in [1.54, 1.807) is 28.4 Å². The Labute approximate surface area is 255 Å². The summed E-state index contributed by atoms with van der Waals surface area (Å²) >= 11 is 5.54. The lowest BCUT2D eigenvalue weighted by Gasteiger charge is -2.12. The van der Waals surface area contributed by atoms with Crippen molar-refractivity contribution in [3.8, 4) is 63.4 Å². The standard InChI is InChI=1S/C34H36O4S3/c1-17-19(3)31(39-29(17)27-23(35-7)13-11-14-24(27)36-8)33-21(5)22(6)34(41-33)32-20(4)18(2)30(40-32)28-25(37-9)15-12-16-26(28)38-10/h11-16H,1-10H3. The Hall–Kier alpha value is -3.26. The molecule has 2 aromatic carbocycles. The number of thiophene rings is 3. The van der Waals surface area contributed by atoms with Crippen molar-refractivity contribution < 1.29 is 18.9 Å². The molecule has 0 fully saturated rings. The van der Waals surface area contributed by atoms with Crippen molar-refractivity contribution in [1.82, 2.24) is 0 Å². The maximum atomic E-state index is 5.77. The van der Waals surface area contributed by atoms with Crippen molar-refractivity contribution in [2.75, 3.05) is 28.4 Å². The third kappa shape index (κ3) is 4.74. The molecule has 0 aliphatic heterocycles. The minimum absolute atomic E-state index is 0.823. The maximum Gasteiger partial charge on any atom is 0.131 e. The lowest BCUT2D eigenvalue weighted by Crippen LogP contribution is -1.92. The smallest absolute Gasteiger partial charge is 0.131 e. The third-order valence-electron chi connectivity index (χ3n) is 8.07. The first-order valence-electron chi connectivity index (χ1n) is 13.4. The van der Waals surface area contributed by atoms with Gasteiger partial charge in [0.25, 0.3) is 0 Å². The fourth-order valence-corrected chi connectivity index (χ4v) is 9.82. The number of ether oxygens (including phenoxy) is 4. The number of rotatable bonds is 8. The van der Waals surface area contributed by atoms with Crippen molar-refractivity contribution >= 4 is 34.0 Å². The fraction of sp³-hybridized carbons (Fsp3) is 0.294. The molecule has 41 heavy (non-hydrogen) atoms. The van der Waals surface area contributed by atoms with Gasteiger partial charge in [0.2, 0.25) is 0 Å². The monoisotopic (exact) mass is 604 g/mol. The molecule has 0 aliphatic carbocycles. The molecular weight excluding hydrogens is 569 g/mol. The second-order valence-corrected chi connectivity index (χ2v) is 13.2. The quantitative estimate of drug-likeness (QED) is 0.177. The van der Waals surface area contributed by atoms with Gasteiger partial charge in [0.05, 0.1) is 39.6 Å². The molecule has 0 aliphatic rings. The van der Waals surface area contributed by atoms with Crippen LogP contribution in [0.1, 0.15) is 33.4 Å². The summed E-state index contributed by atoms with van der Waals surface area (Å²) in [4.78, 5) is 7.63. The highest BCUT2D eigenvalue weighted by atomic mass is 32.1. The third-order valence-corrected chi connectivity index (χ3v) is 12.6. The highest BCUT2D eigenvalue weighted by molar-refractivity contribution is 7.28. The molecule has 3 heterocycles. The predicted octanol–water partition coefficient (Wildman–Crippen LogP) is 10.4. The van der Waals surface area contributed by atoms with E-state index in [1.165, 1.54) is 62.6 Å². The molecule has 0 spiro atoms. The van der Waals surface area contributed by atoms with E-state index in [2.05, 4.69) is 41.5 Å². The Balaban J connectivity index is 1.67. The Kier molecular flexibility index (Phi) is 8.24. The van der Waals surface area contributed by atoms with E-state index < -0.39 is 0 Å². The molecule has 0 atom stereocenters. The van der Waals surface area contributed by atoms with Gasteiger partial charge in [0, 0.05) is 29.3 Å². The number of methoxy groups -OCH3 is 4. The SMILES string of the molecule is COc1cccc(OC)c1-c1sc(-c2sc(-c3sc(-c4c(OC)cccc4OC)c(C)c3C)c(C)c2C)c(C)c1C. The molecule has 0 bridgehead atoms. The molecule has 0 saturated heterocycles. The first kappa shape index (κ1) is 29.2. The van der Waals surface area contributed by atoms with Crippen LogP contribution in [0, 0.1) is 41.5 Å². The number of hydrogen-bond donors (Lipinski definition) is 0. The summed E-state index contributed by atoms with van der Waals surface area (Å²) in [7, 11) is 6.87. The molecule has 0 N–H and O–H groups in total. The molecule has 0 radical (unpaired) electrons.